The van der Waals surface area contributed by atoms with E-state index in [0.717, 1.165) is 0 Å². The van der Waals surface area contributed by atoms with Crippen molar-refractivity contribution < 1.29 is 37.5 Å². The number of nitrogens with zero attached hydrogens (tertiary/aromatic N) is 1. The highest BCUT2D eigenvalue weighted by atomic mass is 32.2. The maximum absolute atomic E-state index is 11.6. The summed E-state index contributed by atoms with van der Waals surface area (Å²) < 4.78 is 38.0. The van der Waals surface area contributed by atoms with Gasteiger partial charge in [-0.1, -0.05) is 0 Å². The van der Waals surface area contributed by atoms with Crippen LogP contribution in [0.1, 0.15) is 13.8 Å². The number of alkyl carbamates (subject to hydrolysis) is 1. The molecule has 0 aromatic rings. The summed E-state index contributed by atoms with van der Waals surface area (Å²) in [5.74, 6) is -2.18. The van der Waals surface area contributed by atoms with Gasteiger partial charge < -0.3 is 24.8 Å². The lowest BCUT2D eigenvalue weighted by molar-refractivity contribution is -0.160. The highest BCUT2D eigenvalue weighted by Gasteiger charge is 2.56. The highest BCUT2D eigenvalue weighted by molar-refractivity contribution is 7.84. The minimum Gasteiger partial charge on any atom is -0.731 e. The summed E-state index contributed by atoms with van der Waals surface area (Å²) in [6.07, 6.45) is -3.28. The molecule has 1 fully saturated rings. The molecule has 1 aliphatic rings. The largest absolute Gasteiger partial charge is 0.731 e. The van der Waals surface area contributed by atoms with Crippen LogP contribution in [0.15, 0.2) is 0 Å². The van der Waals surface area contributed by atoms with Gasteiger partial charge in [0.1, 0.15) is 6.10 Å². The summed E-state index contributed by atoms with van der Waals surface area (Å²) in [4.78, 5) is 23.0. The Kier molecular flexibility index (Phi) is 5.50. The van der Waals surface area contributed by atoms with E-state index in [1.54, 1.807) is 0 Å². The minimum atomic E-state index is -5.06. The molecule has 21 heavy (non-hydrogen) atoms. The van der Waals surface area contributed by atoms with Gasteiger partial charge >= 0.3 is 6.09 Å². The van der Waals surface area contributed by atoms with Crippen LogP contribution in [0.5, 0.6) is 0 Å². The zero-order chi connectivity index (χ0) is 16.4. The van der Waals surface area contributed by atoms with Crippen molar-refractivity contribution in [3.8, 4) is 0 Å². The number of aliphatic hydroxyl groups excluding tert-OH is 2. The first kappa shape index (κ1) is 17.6. The van der Waals surface area contributed by atoms with Gasteiger partial charge in [0.2, 0.25) is 5.91 Å². The van der Waals surface area contributed by atoms with Gasteiger partial charge in [0.25, 0.3) is 0 Å². The summed E-state index contributed by atoms with van der Waals surface area (Å²) in [5.41, 5.74) is 0. The lowest BCUT2D eigenvalue weighted by atomic mass is 9.83. The SMILES string of the molecule is C[C@H](OC(=O)NCCO)[C@@H]1[C@@H]([C@@H](C)O)C(=O)N1S(=O)(=O)[O-]. The molecule has 10 nitrogen and oxygen atoms in total. The molecular weight excluding hydrogens is 308 g/mol. The second-order valence-corrected chi connectivity index (χ2v) is 5.86. The molecule has 0 unspecified atom stereocenters. The van der Waals surface area contributed by atoms with Crippen LogP contribution in [0.25, 0.3) is 0 Å². The molecule has 1 rings (SSSR count). The summed E-state index contributed by atoms with van der Waals surface area (Å²) in [7, 11) is -5.06. The Morgan fingerprint density at radius 2 is 2.10 bits per heavy atom. The molecule has 0 aliphatic carbocycles. The van der Waals surface area contributed by atoms with Crippen LogP contribution in [0.2, 0.25) is 0 Å². The van der Waals surface area contributed by atoms with Crippen LogP contribution in [0.4, 0.5) is 4.79 Å². The van der Waals surface area contributed by atoms with Crippen LogP contribution in [0.3, 0.4) is 0 Å². The fourth-order valence-electron chi connectivity index (χ4n) is 2.18. The quantitative estimate of drug-likeness (QED) is 0.365. The standard InChI is InChI=1S/C10H18N2O8S/c1-5(14)7-8(12(9(7)15)21(17,18)19)6(2)20-10(16)11-3-4-13/h5-8,13-14H,3-4H2,1-2H3,(H,11,16)(H,17,18,19)/p-1/t5-,6+,7-,8-/m1/s1. The zero-order valence-electron chi connectivity index (χ0n) is 11.4. The third-order valence-electron chi connectivity index (χ3n) is 3.06. The number of β-lactam (4-membered cyclic amide) rings is 1. The van der Waals surface area contributed by atoms with Crippen molar-refractivity contribution in [1.82, 2.24) is 9.62 Å². The molecule has 0 radical (unpaired) electrons. The lowest BCUT2D eigenvalue weighted by Crippen LogP contribution is -2.69. The van der Waals surface area contributed by atoms with E-state index in [1.165, 1.54) is 13.8 Å². The minimum absolute atomic E-state index is 0.0639. The van der Waals surface area contributed by atoms with Crippen molar-refractivity contribution in [2.24, 2.45) is 5.92 Å². The maximum atomic E-state index is 11.6. The molecule has 0 bridgehead atoms. The van der Waals surface area contributed by atoms with Crippen LogP contribution < -0.4 is 5.32 Å². The first-order chi connectivity index (χ1) is 9.61. The monoisotopic (exact) mass is 325 g/mol. The summed E-state index contributed by atoms with van der Waals surface area (Å²) in [5, 5.41) is 20.2. The number of carbonyl (C=O) groups excluding carboxylic acids is 2. The number of carbonyl (C=O) groups is 2. The normalized spacial score (nSPS) is 25.0. The molecule has 2 amide bonds. The Morgan fingerprint density at radius 1 is 1.52 bits per heavy atom. The Balaban J connectivity index is 2.84. The fourth-order valence-corrected chi connectivity index (χ4v) is 3.12. The topological polar surface area (TPSA) is 156 Å². The van der Waals surface area contributed by atoms with E-state index in [4.69, 9.17) is 9.84 Å². The number of hydrogen-bond acceptors (Lipinski definition) is 8. The molecule has 0 aromatic carbocycles. The van der Waals surface area contributed by atoms with Crippen molar-refractivity contribution in [3.05, 3.63) is 0 Å². The van der Waals surface area contributed by atoms with Gasteiger partial charge in [0.05, 0.1) is 24.7 Å². The number of ether oxygens (including phenoxy) is 1. The first-order valence-electron chi connectivity index (χ1n) is 6.13. The lowest BCUT2D eigenvalue weighted by Gasteiger charge is -2.50. The van der Waals surface area contributed by atoms with E-state index in [1.807, 2.05) is 0 Å². The molecule has 122 valence electrons. The Hall–Kier alpha value is -1.43. The van der Waals surface area contributed by atoms with Crippen molar-refractivity contribution >= 4 is 22.3 Å². The van der Waals surface area contributed by atoms with Gasteiger partial charge in [-0.15, -0.1) is 0 Å². The van der Waals surface area contributed by atoms with Gasteiger partial charge in [-0.2, -0.15) is 0 Å². The highest BCUT2D eigenvalue weighted by Crippen LogP contribution is 2.35. The van der Waals surface area contributed by atoms with E-state index in [2.05, 4.69) is 5.32 Å². The predicted molar refractivity (Wildman–Crippen MR) is 66.5 cm³/mol. The third-order valence-corrected chi connectivity index (χ3v) is 3.96. The molecule has 11 heteroatoms. The molecule has 1 saturated heterocycles. The molecule has 0 spiro atoms. The number of aliphatic hydroxyl groups is 2. The molecule has 0 aromatic heterocycles. The summed E-state index contributed by atoms with van der Waals surface area (Å²) in [6.45, 7) is 2.17. The second-order valence-electron chi connectivity index (χ2n) is 4.61. The van der Waals surface area contributed by atoms with Gasteiger partial charge in [-0.05, 0) is 13.8 Å². The number of nitrogens with one attached hydrogen (secondary N) is 1. The average molecular weight is 325 g/mol. The van der Waals surface area contributed by atoms with Gasteiger partial charge in [-0.3, -0.25) is 4.79 Å². The number of rotatable bonds is 6. The first-order valence-corrected chi connectivity index (χ1v) is 7.50. The van der Waals surface area contributed by atoms with E-state index >= 15 is 0 Å². The van der Waals surface area contributed by atoms with Crippen molar-refractivity contribution in [2.75, 3.05) is 13.2 Å². The van der Waals surface area contributed by atoms with Gasteiger partial charge in [0, 0.05) is 6.54 Å². The van der Waals surface area contributed by atoms with Crippen molar-refractivity contribution in [2.45, 2.75) is 32.1 Å². The van der Waals surface area contributed by atoms with Crippen LogP contribution in [0, 0.1) is 5.92 Å². The average Bonchev–Trinajstić information content (AvgIpc) is 2.30. The third kappa shape index (κ3) is 3.81. The molecule has 1 heterocycles. The molecule has 0 saturated carbocycles. The molecule has 1 aliphatic heterocycles. The number of hydrogen-bond donors (Lipinski definition) is 3. The second kappa shape index (κ2) is 6.56. The smallest absolute Gasteiger partial charge is 0.407 e. The van der Waals surface area contributed by atoms with E-state index in [9.17, 15) is 27.7 Å². The Labute approximate surface area is 121 Å². The molecule has 4 atom stereocenters. The Bertz CT molecular complexity index is 505. The van der Waals surface area contributed by atoms with Crippen LogP contribution in [-0.2, 0) is 19.8 Å². The van der Waals surface area contributed by atoms with Gasteiger partial charge in [-0.25, -0.2) is 17.5 Å². The van der Waals surface area contributed by atoms with Crippen LogP contribution >= 0.6 is 0 Å². The molecule has 3 N–H and O–H groups in total. The van der Waals surface area contributed by atoms with E-state index < -0.39 is 46.5 Å². The fraction of sp³-hybridized carbons (Fsp3) is 0.800. The van der Waals surface area contributed by atoms with Gasteiger partial charge in [0.15, 0.2) is 10.3 Å². The van der Waals surface area contributed by atoms with E-state index in [-0.39, 0.29) is 17.5 Å². The maximum Gasteiger partial charge on any atom is 0.407 e. The Morgan fingerprint density at radius 3 is 2.52 bits per heavy atom. The number of amides is 2. The van der Waals surface area contributed by atoms with Crippen molar-refractivity contribution in [1.29, 1.82) is 0 Å². The van der Waals surface area contributed by atoms with E-state index in [0.29, 0.717) is 0 Å². The zero-order valence-corrected chi connectivity index (χ0v) is 12.2. The summed E-state index contributed by atoms with van der Waals surface area (Å²) >= 11 is 0. The van der Waals surface area contributed by atoms with Crippen molar-refractivity contribution in [3.63, 3.8) is 0 Å². The predicted octanol–water partition coefficient (Wildman–Crippen LogP) is -2.24. The summed E-state index contributed by atoms with van der Waals surface area (Å²) in [6, 6.07) is -1.26. The molecular formula is C10H17N2O8S-. The van der Waals surface area contributed by atoms with Crippen LogP contribution in [-0.4, -0.2) is 70.9 Å².